The third-order valence-corrected chi connectivity index (χ3v) is 3.04. The Morgan fingerprint density at radius 2 is 2.32 bits per heavy atom. The topological polar surface area (TPSA) is 63.7 Å². The van der Waals surface area contributed by atoms with Gasteiger partial charge in [-0.1, -0.05) is 0 Å². The van der Waals surface area contributed by atoms with Crippen molar-refractivity contribution < 1.29 is 14.3 Å². The molecule has 1 saturated heterocycles. The average molecular weight is 265 g/mol. The number of esters is 1. The standard InChI is InChI=1S/C13H19N3O3/c1-18-13(17)11-3-2-4-14-12(11)15-5-6-16-7-9-19-10-8-16/h2-4H,5-10H2,1H3,(H,14,15). The molecule has 0 spiro atoms. The van der Waals surface area contributed by atoms with Crippen molar-refractivity contribution in [3.05, 3.63) is 23.9 Å². The molecule has 1 fully saturated rings. The molecule has 0 saturated carbocycles. The van der Waals surface area contributed by atoms with Gasteiger partial charge in [-0.2, -0.15) is 0 Å². The molecule has 6 nitrogen and oxygen atoms in total. The predicted molar refractivity (Wildman–Crippen MR) is 71.3 cm³/mol. The highest BCUT2D eigenvalue weighted by atomic mass is 16.5. The zero-order valence-corrected chi connectivity index (χ0v) is 11.1. The number of carbonyl (C=O) groups is 1. The van der Waals surface area contributed by atoms with Gasteiger partial charge in [-0.25, -0.2) is 9.78 Å². The number of hydrogen-bond acceptors (Lipinski definition) is 6. The molecule has 19 heavy (non-hydrogen) atoms. The highest BCUT2D eigenvalue weighted by Crippen LogP contribution is 2.12. The quantitative estimate of drug-likeness (QED) is 0.787. The van der Waals surface area contributed by atoms with E-state index in [4.69, 9.17) is 9.47 Å². The maximum absolute atomic E-state index is 11.6. The van der Waals surface area contributed by atoms with Crippen LogP contribution in [-0.2, 0) is 9.47 Å². The summed E-state index contributed by atoms with van der Waals surface area (Å²) in [5.74, 6) is 0.199. The van der Waals surface area contributed by atoms with Crippen molar-refractivity contribution in [2.45, 2.75) is 0 Å². The van der Waals surface area contributed by atoms with Crippen LogP contribution in [0.5, 0.6) is 0 Å². The number of methoxy groups -OCH3 is 1. The van der Waals surface area contributed by atoms with Gasteiger partial charge in [-0.3, -0.25) is 4.90 Å². The monoisotopic (exact) mass is 265 g/mol. The first-order valence-electron chi connectivity index (χ1n) is 6.38. The fraction of sp³-hybridized carbons (Fsp3) is 0.538. The molecule has 6 heteroatoms. The lowest BCUT2D eigenvalue weighted by molar-refractivity contribution is 0.0398. The third-order valence-electron chi connectivity index (χ3n) is 3.04. The second-order valence-electron chi connectivity index (χ2n) is 4.27. The first-order valence-corrected chi connectivity index (χ1v) is 6.38. The van der Waals surface area contributed by atoms with Gasteiger partial charge in [0.15, 0.2) is 0 Å². The van der Waals surface area contributed by atoms with Gasteiger partial charge < -0.3 is 14.8 Å². The predicted octanol–water partition coefficient (Wildman–Crippen LogP) is 0.612. The molecule has 0 atom stereocenters. The number of anilines is 1. The Balaban J connectivity index is 1.86. The average Bonchev–Trinajstić information content (AvgIpc) is 2.48. The number of morpholine rings is 1. The van der Waals surface area contributed by atoms with Crippen molar-refractivity contribution in [2.24, 2.45) is 0 Å². The lowest BCUT2D eigenvalue weighted by Gasteiger charge is -2.26. The van der Waals surface area contributed by atoms with Gasteiger partial charge in [0.25, 0.3) is 0 Å². The molecule has 0 unspecified atom stereocenters. The van der Waals surface area contributed by atoms with E-state index in [1.54, 1.807) is 18.3 Å². The van der Waals surface area contributed by atoms with Gasteiger partial charge in [-0.15, -0.1) is 0 Å². The second-order valence-corrected chi connectivity index (χ2v) is 4.27. The Kier molecular flexibility index (Phi) is 5.11. The highest BCUT2D eigenvalue weighted by molar-refractivity contribution is 5.94. The summed E-state index contributed by atoms with van der Waals surface area (Å²) in [6, 6.07) is 3.43. The van der Waals surface area contributed by atoms with E-state index in [1.165, 1.54) is 7.11 Å². The number of rotatable bonds is 5. The number of ether oxygens (including phenoxy) is 2. The van der Waals surface area contributed by atoms with Crippen LogP contribution < -0.4 is 5.32 Å². The molecule has 0 aromatic carbocycles. The molecule has 0 aliphatic carbocycles. The number of hydrogen-bond donors (Lipinski definition) is 1. The first kappa shape index (κ1) is 13.8. The molecule has 2 rings (SSSR count). The van der Waals surface area contributed by atoms with Gasteiger partial charge in [0.05, 0.1) is 20.3 Å². The number of pyridine rings is 1. The molecule has 1 aliphatic heterocycles. The number of aromatic nitrogens is 1. The molecular formula is C13H19N3O3. The fourth-order valence-electron chi connectivity index (χ4n) is 1.98. The number of carbonyl (C=O) groups excluding carboxylic acids is 1. The van der Waals surface area contributed by atoms with Crippen molar-refractivity contribution in [1.29, 1.82) is 0 Å². The van der Waals surface area contributed by atoms with Crippen molar-refractivity contribution in [3.8, 4) is 0 Å². The van der Waals surface area contributed by atoms with Crippen LogP contribution >= 0.6 is 0 Å². The normalized spacial score (nSPS) is 16.1. The van der Waals surface area contributed by atoms with Crippen molar-refractivity contribution >= 4 is 11.8 Å². The summed E-state index contributed by atoms with van der Waals surface area (Å²) in [4.78, 5) is 18.1. The van der Waals surface area contributed by atoms with E-state index in [0.717, 1.165) is 39.4 Å². The zero-order valence-electron chi connectivity index (χ0n) is 11.1. The van der Waals surface area contributed by atoms with E-state index in [-0.39, 0.29) is 5.97 Å². The number of nitrogens with one attached hydrogen (secondary N) is 1. The molecule has 0 bridgehead atoms. The molecule has 0 amide bonds. The number of nitrogens with zero attached hydrogens (tertiary/aromatic N) is 2. The van der Waals surface area contributed by atoms with Gasteiger partial charge in [-0.05, 0) is 12.1 Å². The Morgan fingerprint density at radius 1 is 1.53 bits per heavy atom. The summed E-state index contributed by atoms with van der Waals surface area (Å²) >= 11 is 0. The van der Waals surface area contributed by atoms with E-state index in [2.05, 4.69) is 15.2 Å². The Hall–Kier alpha value is -1.66. The minimum Gasteiger partial charge on any atom is -0.465 e. The summed E-state index contributed by atoms with van der Waals surface area (Å²) in [5, 5.41) is 3.18. The second kappa shape index (κ2) is 7.06. The van der Waals surface area contributed by atoms with E-state index >= 15 is 0 Å². The Bertz CT molecular complexity index is 419. The third kappa shape index (κ3) is 3.90. The minimum absolute atomic E-state index is 0.373. The first-order chi connectivity index (χ1) is 9.31. The van der Waals surface area contributed by atoms with E-state index in [0.29, 0.717) is 11.4 Å². The molecule has 104 valence electrons. The summed E-state index contributed by atoms with van der Waals surface area (Å²) in [7, 11) is 1.37. The lowest BCUT2D eigenvalue weighted by Crippen LogP contribution is -2.39. The molecule has 1 aromatic rings. The van der Waals surface area contributed by atoms with Crippen LogP contribution in [0.25, 0.3) is 0 Å². The Morgan fingerprint density at radius 3 is 3.05 bits per heavy atom. The molecule has 0 radical (unpaired) electrons. The minimum atomic E-state index is -0.373. The van der Waals surface area contributed by atoms with Crippen LogP contribution in [0.15, 0.2) is 18.3 Å². The molecule has 1 aliphatic rings. The molecule has 1 N–H and O–H groups in total. The van der Waals surface area contributed by atoms with Gasteiger partial charge in [0, 0.05) is 32.4 Å². The molecule has 2 heterocycles. The van der Waals surface area contributed by atoms with Crippen LogP contribution in [0.3, 0.4) is 0 Å². The van der Waals surface area contributed by atoms with Gasteiger partial charge >= 0.3 is 5.97 Å². The summed E-state index contributed by atoms with van der Waals surface area (Å²) in [6.45, 7) is 5.12. The van der Waals surface area contributed by atoms with E-state index in [1.807, 2.05) is 0 Å². The zero-order chi connectivity index (χ0) is 13.5. The van der Waals surface area contributed by atoms with Crippen molar-refractivity contribution in [2.75, 3.05) is 51.8 Å². The highest BCUT2D eigenvalue weighted by Gasteiger charge is 2.13. The largest absolute Gasteiger partial charge is 0.465 e. The fourth-order valence-corrected chi connectivity index (χ4v) is 1.98. The lowest BCUT2D eigenvalue weighted by atomic mass is 10.2. The van der Waals surface area contributed by atoms with Crippen molar-refractivity contribution in [3.63, 3.8) is 0 Å². The van der Waals surface area contributed by atoms with Gasteiger partial charge in [0.2, 0.25) is 0 Å². The molecule has 1 aromatic heterocycles. The van der Waals surface area contributed by atoms with E-state index in [9.17, 15) is 4.79 Å². The van der Waals surface area contributed by atoms with E-state index < -0.39 is 0 Å². The van der Waals surface area contributed by atoms with Crippen LogP contribution in [0.1, 0.15) is 10.4 Å². The van der Waals surface area contributed by atoms with Crippen LogP contribution in [-0.4, -0.2) is 62.4 Å². The van der Waals surface area contributed by atoms with Gasteiger partial charge in [0.1, 0.15) is 11.4 Å². The Labute approximate surface area is 112 Å². The summed E-state index contributed by atoms with van der Waals surface area (Å²) < 4.78 is 10.0. The van der Waals surface area contributed by atoms with Crippen LogP contribution in [0.4, 0.5) is 5.82 Å². The maximum Gasteiger partial charge on any atom is 0.341 e. The van der Waals surface area contributed by atoms with Crippen LogP contribution in [0.2, 0.25) is 0 Å². The smallest absolute Gasteiger partial charge is 0.341 e. The summed E-state index contributed by atoms with van der Waals surface area (Å²) in [6.07, 6.45) is 1.66. The van der Waals surface area contributed by atoms with Crippen molar-refractivity contribution in [1.82, 2.24) is 9.88 Å². The summed E-state index contributed by atoms with van der Waals surface area (Å²) in [5.41, 5.74) is 0.465. The maximum atomic E-state index is 11.6. The SMILES string of the molecule is COC(=O)c1cccnc1NCCN1CCOCC1. The van der Waals surface area contributed by atoms with Crippen LogP contribution in [0, 0.1) is 0 Å². The molecular weight excluding hydrogens is 246 g/mol.